The van der Waals surface area contributed by atoms with E-state index in [0.717, 1.165) is 12.8 Å². The molecule has 1 aromatic rings. The molecule has 3 N–H and O–H groups in total. The van der Waals surface area contributed by atoms with Crippen LogP contribution in [0, 0.1) is 5.92 Å². The van der Waals surface area contributed by atoms with Gasteiger partial charge < -0.3 is 14.8 Å². The second-order valence-electron chi connectivity index (χ2n) is 5.30. The molecule has 134 valence electrons. The van der Waals surface area contributed by atoms with Gasteiger partial charge in [0.15, 0.2) is 11.7 Å². The quantitative estimate of drug-likeness (QED) is 0.387. The van der Waals surface area contributed by atoms with Gasteiger partial charge in [0.1, 0.15) is 5.75 Å². The maximum atomic E-state index is 11.7. The van der Waals surface area contributed by atoms with E-state index in [1.807, 2.05) is 0 Å². The molecule has 0 unspecified atom stereocenters. The number of thiocarbonyl (C=S) groups is 1. The van der Waals surface area contributed by atoms with Crippen molar-refractivity contribution < 1.29 is 23.9 Å². The summed E-state index contributed by atoms with van der Waals surface area (Å²) in [6, 6.07) is 6.22. The molecule has 1 fully saturated rings. The van der Waals surface area contributed by atoms with Gasteiger partial charge in [-0.1, -0.05) is 0 Å². The van der Waals surface area contributed by atoms with Crippen molar-refractivity contribution in [3.8, 4) is 5.75 Å². The van der Waals surface area contributed by atoms with E-state index in [9.17, 15) is 14.4 Å². The number of ether oxygens (including phenoxy) is 2. The third kappa shape index (κ3) is 6.38. The zero-order valence-corrected chi connectivity index (χ0v) is 14.5. The highest BCUT2D eigenvalue weighted by Crippen LogP contribution is 2.28. The molecule has 1 aliphatic rings. The molecule has 0 bridgehead atoms. The Labute approximate surface area is 150 Å². The van der Waals surface area contributed by atoms with Crippen LogP contribution in [0.3, 0.4) is 0 Å². The fraction of sp³-hybridized carbons (Fsp3) is 0.375. The summed E-state index contributed by atoms with van der Waals surface area (Å²) in [5, 5.41) is 2.51. The fourth-order valence-corrected chi connectivity index (χ4v) is 1.96. The maximum Gasteiger partial charge on any atom is 0.338 e. The van der Waals surface area contributed by atoms with Gasteiger partial charge in [0.25, 0.3) is 5.91 Å². The van der Waals surface area contributed by atoms with E-state index in [1.54, 1.807) is 31.2 Å². The summed E-state index contributed by atoms with van der Waals surface area (Å²) >= 11 is 4.89. The van der Waals surface area contributed by atoms with Crippen LogP contribution in [0.15, 0.2) is 24.3 Å². The van der Waals surface area contributed by atoms with Crippen molar-refractivity contribution in [3.63, 3.8) is 0 Å². The number of esters is 1. The minimum atomic E-state index is -0.475. The summed E-state index contributed by atoms with van der Waals surface area (Å²) in [7, 11) is 0. The molecule has 0 aromatic heterocycles. The van der Waals surface area contributed by atoms with Crippen molar-refractivity contribution in [2.75, 3.05) is 13.2 Å². The van der Waals surface area contributed by atoms with E-state index in [-0.39, 0.29) is 23.5 Å². The molecule has 25 heavy (non-hydrogen) atoms. The number of benzene rings is 1. The SMILES string of the molecule is CCOC(=O)c1ccc(OCC(=O)NNC(=S)NC(=O)C2CC2)cc1. The Morgan fingerprint density at radius 1 is 1.16 bits per heavy atom. The molecule has 0 aliphatic heterocycles. The molecule has 1 aromatic carbocycles. The molecule has 0 radical (unpaired) electrons. The average Bonchev–Trinajstić information content (AvgIpc) is 3.44. The third-order valence-corrected chi connectivity index (χ3v) is 3.44. The number of rotatable bonds is 6. The second-order valence-corrected chi connectivity index (χ2v) is 5.71. The normalized spacial score (nSPS) is 12.7. The fourth-order valence-electron chi connectivity index (χ4n) is 1.80. The van der Waals surface area contributed by atoms with Crippen LogP contribution in [0.25, 0.3) is 0 Å². The molecule has 2 rings (SSSR count). The van der Waals surface area contributed by atoms with Gasteiger partial charge in [-0.2, -0.15) is 0 Å². The van der Waals surface area contributed by atoms with Crippen LogP contribution < -0.4 is 20.9 Å². The Balaban J connectivity index is 1.67. The molecule has 0 atom stereocenters. The van der Waals surface area contributed by atoms with Crippen LogP contribution >= 0.6 is 12.2 Å². The topological polar surface area (TPSA) is 106 Å². The van der Waals surface area contributed by atoms with Gasteiger partial charge >= 0.3 is 5.97 Å². The van der Waals surface area contributed by atoms with Crippen molar-refractivity contribution >= 4 is 35.1 Å². The molecule has 9 heteroatoms. The lowest BCUT2D eigenvalue weighted by molar-refractivity contribution is -0.124. The van der Waals surface area contributed by atoms with Gasteiger partial charge in [0, 0.05) is 5.92 Å². The Kier molecular flexibility index (Phi) is 6.70. The van der Waals surface area contributed by atoms with Crippen LogP contribution in [0.1, 0.15) is 30.1 Å². The lowest BCUT2D eigenvalue weighted by atomic mass is 10.2. The first kappa shape index (κ1) is 18.7. The summed E-state index contributed by atoms with van der Waals surface area (Å²) < 4.78 is 10.2. The van der Waals surface area contributed by atoms with Crippen molar-refractivity contribution in [2.24, 2.45) is 5.92 Å². The number of carbonyl (C=O) groups is 3. The Hall–Kier alpha value is -2.68. The summed E-state index contributed by atoms with van der Waals surface area (Å²) in [4.78, 5) is 34.7. The van der Waals surface area contributed by atoms with Crippen LogP contribution in [-0.2, 0) is 14.3 Å². The molecule has 2 amide bonds. The first-order chi connectivity index (χ1) is 12.0. The van der Waals surface area contributed by atoms with Crippen molar-refractivity contribution in [1.29, 1.82) is 0 Å². The average molecular weight is 365 g/mol. The van der Waals surface area contributed by atoms with Gasteiger partial charge in [-0.25, -0.2) is 4.79 Å². The lowest BCUT2D eigenvalue weighted by Crippen LogP contribution is -2.50. The van der Waals surface area contributed by atoms with E-state index >= 15 is 0 Å². The number of hydrazine groups is 1. The Morgan fingerprint density at radius 3 is 2.44 bits per heavy atom. The monoisotopic (exact) mass is 365 g/mol. The highest BCUT2D eigenvalue weighted by Gasteiger charge is 2.30. The molecular formula is C16H19N3O5S. The van der Waals surface area contributed by atoms with Crippen LogP contribution in [-0.4, -0.2) is 36.1 Å². The summed E-state index contributed by atoms with van der Waals surface area (Å²) in [5.74, 6) is -0.593. The van der Waals surface area contributed by atoms with Crippen LogP contribution in [0.2, 0.25) is 0 Å². The van der Waals surface area contributed by atoms with Crippen molar-refractivity contribution in [2.45, 2.75) is 19.8 Å². The van der Waals surface area contributed by atoms with Gasteiger partial charge in [-0.15, -0.1) is 0 Å². The predicted octanol–water partition coefficient (Wildman–Crippen LogP) is 0.674. The minimum Gasteiger partial charge on any atom is -0.484 e. The molecule has 0 heterocycles. The smallest absolute Gasteiger partial charge is 0.338 e. The number of hydrogen-bond acceptors (Lipinski definition) is 6. The first-order valence-corrected chi connectivity index (χ1v) is 8.20. The van der Waals surface area contributed by atoms with Crippen LogP contribution in [0.4, 0.5) is 0 Å². The molecule has 1 aliphatic carbocycles. The number of carbonyl (C=O) groups excluding carboxylic acids is 3. The minimum absolute atomic E-state index is 0.0244. The van der Waals surface area contributed by atoms with E-state index < -0.39 is 11.9 Å². The van der Waals surface area contributed by atoms with Gasteiger partial charge in [0.2, 0.25) is 5.91 Å². The zero-order chi connectivity index (χ0) is 18.2. The number of hydrogen-bond donors (Lipinski definition) is 3. The van der Waals surface area contributed by atoms with E-state index in [2.05, 4.69) is 16.2 Å². The van der Waals surface area contributed by atoms with Gasteiger partial charge in [-0.3, -0.25) is 20.4 Å². The van der Waals surface area contributed by atoms with E-state index in [4.69, 9.17) is 21.7 Å². The van der Waals surface area contributed by atoms with E-state index in [1.165, 1.54) is 0 Å². The number of amides is 2. The Bertz CT molecular complexity index is 658. The highest BCUT2D eigenvalue weighted by molar-refractivity contribution is 7.80. The summed E-state index contributed by atoms with van der Waals surface area (Å²) in [6.07, 6.45) is 1.73. The predicted molar refractivity (Wildman–Crippen MR) is 92.6 cm³/mol. The largest absolute Gasteiger partial charge is 0.484 e. The standard InChI is InChI=1S/C16H19N3O5S/c1-2-23-15(22)11-5-7-12(8-6-11)24-9-13(20)18-19-16(25)17-14(21)10-3-4-10/h5-8,10H,2-4,9H2,1H3,(H,18,20)(H2,17,19,21,25). The van der Waals surface area contributed by atoms with E-state index in [0.29, 0.717) is 17.9 Å². The zero-order valence-electron chi connectivity index (χ0n) is 13.7. The first-order valence-electron chi connectivity index (χ1n) is 7.79. The Morgan fingerprint density at radius 2 is 1.84 bits per heavy atom. The maximum absolute atomic E-state index is 11.7. The second kappa shape index (κ2) is 8.97. The molecule has 1 saturated carbocycles. The molecule has 8 nitrogen and oxygen atoms in total. The molecule has 0 spiro atoms. The van der Waals surface area contributed by atoms with Gasteiger partial charge in [0.05, 0.1) is 12.2 Å². The molecule has 0 saturated heterocycles. The highest BCUT2D eigenvalue weighted by atomic mass is 32.1. The lowest BCUT2D eigenvalue weighted by Gasteiger charge is -2.11. The summed E-state index contributed by atoms with van der Waals surface area (Å²) in [5.41, 5.74) is 5.15. The van der Waals surface area contributed by atoms with Crippen molar-refractivity contribution in [1.82, 2.24) is 16.2 Å². The molecular weight excluding hydrogens is 346 g/mol. The number of nitrogens with one attached hydrogen (secondary N) is 3. The van der Waals surface area contributed by atoms with Crippen LogP contribution in [0.5, 0.6) is 5.75 Å². The van der Waals surface area contributed by atoms with Crippen molar-refractivity contribution in [3.05, 3.63) is 29.8 Å². The summed E-state index contributed by atoms with van der Waals surface area (Å²) in [6.45, 7) is 1.77. The third-order valence-electron chi connectivity index (χ3n) is 3.24. The van der Waals surface area contributed by atoms with Gasteiger partial charge in [-0.05, 0) is 56.2 Å².